The van der Waals surface area contributed by atoms with Gasteiger partial charge in [0.05, 0.1) is 17.7 Å². The Labute approximate surface area is 141 Å². The molecule has 0 aliphatic heterocycles. The molecule has 1 aliphatic rings. The molecular weight excluding hydrogens is 320 g/mol. The molecule has 1 aromatic carbocycles. The van der Waals surface area contributed by atoms with E-state index in [1.165, 1.54) is 0 Å². The Morgan fingerprint density at radius 1 is 1.43 bits per heavy atom. The average Bonchev–Trinajstić information content (AvgIpc) is 2.49. The molecule has 1 aromatic rings. The van der Waals surface area contributed by atoms with Crippen molar-refractivity contribution in [1.29, 1.82) is 0 Å². The van der Waals surface area contributed by atoms with Gasteiger partial charge in [-0.05, 0) is 24.6 Å². The molecule has 2 atom stereocenters. The molecule has 2 rings (SSSR count). The number of aliphatic hydroxyl groups excluding tert-OH is 1. The summed E-state index contributed by atoms with van der Waals surface area (Å²) in [5.41, 5.74) is 0.262. The van der Waals surface area contributed by atoms with E-state index in [-0.39, 0.29) is 23.6 Å². The van der Waals surface area contributed by atoms with Crippen LogP contribution in [0.15, 0.2) is 18.2 Å². The minimum absolute atomic E-state index is 0.0513. The number of benzene rings is 1. The van der Waals surface area contributed by atoms with Crippen molar-refractivity contribution < 1.29 is 19.4 Å². The minimum Gasteiger partial charge on any atom is -0.490 e. The fourth-order valence-electron chi connectivity index (χ4n) is 2.40. The van der Waals surface area contributed by atoms with Gasteiger partial charge in [0.15, 0.2) is 0 Å². The number of rotatable bonds is 6. The Morgan fingerprint density at radius 3 is 2.74 bits per heavy atom. The predicted molar refractivity (Wildman–Crippen MR) is 89.2 cm³/mol. The summed E-state index contributed by atoms with van der Waals surface area (Å²) < 4.78 is 10.4. The normalized spacial score (nSPS) is 22.1. The second-order valence-electron chi connectivity index (χ2n) is 6.21. The quantitative estimate of drug-likeness (QED) is 0.694. The van der Waals surface area contributed by atoms with E-state index in [9.17, 15) is 9.90 Å². The number of carbonyl (C=O) groups excluding carboxylic acids is 1. The number of amides is 2. The first-order valence-corrected chi connectivity index (χ1v) is 7.89. The van der Waals surface area contributed by atoms with Gasteiger partial charge in [-0.1, -0.05) is 25.4 Å². The number of anilines is 1. The summed E-state index contributed by atoms with van der Waals surface area (Å²) in [5, 5.41) is 15.7. The molecule has 6 nitrogen and oxygen atoms in total. The summed E-state index contributed by atoms with van der Waals surface area (Å²) >= 11 is 6.13. The second kappa shape index (κ2) is 7.38. The third-order valence-electron chi connectivity index (χ3n) is 4.26. The van der Waals surface area contributed by atoms with E-state index in [2.05, 4.69) is 10.6 Å². The SMILES string of the molecule is COCCOc1ccc(NC(=O)N[C@@H]2C[C@@H](O)C2(C)C)cc1Cl. The first-order chi connectivity index (χ1) is 10.8. The topological polar surface area (TPSA) is 79.8 Å². The molecule has 0 unspecified atom stereocenters. The van der Waals surface area contributed by atoms with Crippen LogP contribution in [0.5, 0.6) is 5.75 Å². The number of ether oxygens (including phenoxy) is 2. The van der Waals surface area contributed by atoms with Gasteiger partial charge >= 0.3 is 6.03 Å². The number of halogens is 1. The lowest BCUT2D eigenvalue weighted by atomic mass is 9.65. The predicted octanol–water partition coefficient (Wildman–Crippen LogP) is 2.65. The van der Waals surface area contributed by atoms with Gasteiger partial charge in [0.2, 0.25) is 0 Å². The number of hydrogen-bond acceptors (Lipinski definition) is 4. The van der Waals surface area contributed by atoms with Crippen LogP contribution in [0.25, 0.3) is 0 Å². The largest absolute Gasteiger partial charge is 0.490 e. The first kappa shape index (κ1) is 17.8. The van der Waals surface area contributed by atoms with Gasteiger partial charge in [-0.3, -0.25) is 0 Å². The number of nitrogens with one attached hydrogen (secondary N) is 2. The molecule has 2 amide bonds. The van der Waals surface area contributed by atoms with Crippen LogP contribution in [0, 0.1) is 5.41 Å². The number of hydrogen-bond donors (Lipinski definition) is 3. The Hall–Kier alpha value is -1.50. The van der Waals surface area contributed by atoms with Gasteiger partial charge < -0.3 is 25.2 Å². The molecule has 23 heavy (non-hydrogen) atoms. The third-order valence-corrected chi connectivity index (χ3v) is 4.55. The van der Waals surface area contributed by atoms with E-state index in [0.29, 0.717) is 36.1 Å². The molecule has 0 spiro atoms. The smallest absolute Gasteiger partial charge is 0.319 e. The molecule has 0 aromatic heterocycles. The number of carbonyl (C=O) groups is 1. The minimum atomic E-state index is -0.384. The molecule has 1 aliphatic carbocycles. The van der Waals surface area contributed by atoms with Gasteiger partial charge in [-0.25, -0.2) is 4.79 Å². The van der Waals surface area contributed by atoms with Gasteiger partial charge in [0.25, 0.3) is 0 Å². The highest BCUT2D eigenvalue weighted by molar-refractivity contribution is 6.32. The van der Waals surface area contributed by atoms with Crippen molar-refractivity contribution in [2.75, 3.05) is 25.6 Å². The fraction of sp³-hybridized carbons (Fsp3) is 0.562. The number of urea groups is 1. The van der Waals surface area contributed by atoms with E-state index in [1.54, 1.807) is 25.3 Å². The molecule has 1 saturated carbocycles. The lowest BCUT2D eigenvalue weighted by molar-refractivity contribution is -0.0673. The van der Waals surface area contributed by atoms with Crippen molar-refractivity contribution in [2.45, 2.75) is 32.4 Å². The lowest BCUT2D eigenvalue weighted by Gasteiger charge is -2.49. The van der Waals surface area contributed by atoms with Crippen molar-refractivity contribution in [3.63, 3.8) is 0 Å². The maximum absolute atomic E-state index is 12.0. The van der Waals surface area contributed by atoms with Crippen molar-refractivity contribution in [2.24, 2.45) is 5.41 Å². The van der Waals surface area contributed by atoms with Gasteiger partial charge in [-0.15, -0.1) is 0 Å². The van der Waals surface area contributed by atoms with Crippen molar-refractivity contribution in [3.8, 4) is 5.75 Å². The van der Waals surface area contributed by atoms with Crippen LogP contribution in [0.3, 0.4) is 0 Å². The highest BCUT2D eigenvalue weighted by atomic mass is 35.5. The number of aliphatic hydroxyl groups is 1. The molecule has 1 fully saturated rings. The zero-order valence-corrected chi connectivity index (χ0v) is 14.3. The summed E-state index contributed by atoms with van der Waals surface area (Å²) in [6, 6.07) is 4.67. The standard InChI is InChI=1S/C16H23ClN2O4/c1-16(2)13(9-14(16)20)19-15(21)18-10-4-5-12(11(17)8-10)23-7-6-22-3/h4-5,8,13-14,20H,6-7,9H2,1-3H3,(H2,18,19,21)/t13-,14-/m1/s1. The summed E-state index contributed by atoms with van der Waals surface area (Å²) in [6.07, 6.45) is 0.179. The third kappa shape index (κ3) is 4.28. The van der Waals surface area contributed by atoms with Crippen LogP contribution in [0.4, 0.5) is 10.5 Å². The van der Waals surface area contributed by atoms with Crippen LogP contribution in [0.1, 0.15) is 20.3 Å². The second-order valence-corrected chi connectivity index (χ2v) is 6.62. The zero-order chi connectivity index (χ0) is 17.0. The highest BCUT2D eigenvalue weighted by Gasteiger charge is 2.47. The average molecular weight is 343 g/mol. The highest BCUT2D eigenvalue weighted by Crippen LogP contribution is 2.40. The van der Waals surface area contributed by atoms with Crippen molar-refractivity contribution in [1.82, 2.24) is 5.32 Å². The van der Waals surface area contributed by atoms with Gasteiger partial charge in [-0.2, -0.15) is 0 Å². The molecule has 0 heterocycles. The maximum atomic E-state index is 12.0. The van der Waals surface area contributed by atoms with E-state index in [4.69, 9.17) is 21.1 Å². The molecule has 7 heteroatoms. The number of methoxy groups -OCH3 is 1. The molecule has 0 saturated heterocycles. The summed E-state index contributed by atoms with van der Waals surface area (Å²) in [5.74, 6) is 0.540. The van der Waals surface area contributed by atoms with Gasteiger partial charge in [0, 0.05) is 24.3 Å². The van der Waals surface area contributed by atoms with Crippen LogP contribution in [0.2, 0.25) is 5.02 Å². The van der Waals surface area contributed by atoms with E-state index in [0.717, 1.165) is 0 Å². The van der Waals surface area contributed by atoms with E-state index >= 15 is 0 Å². The van der Waals surface area contributed by atoms with Crippen molar-refractivity contribution in [3.05, 3.63) is 23.2 Å². The fourth-order valence-corrected chi connectivity index (χ4v) is 2.64. The Balaban J connectivity index is 1.88. The molecule has 3 N–H and O–H groups in total. The van der Waals surface area contributed by atoms with Crippen LogP contribution in [-0.2, 0) is 4.74 Å². The van der Waals surface area contributed by atoms with Crippen LogP contribution >= 0.6 is 11.6 Å². The first-order valence-electron chi connectivity index (χ1n) is 7.51. The maximum Gasteiger partial charge on any atom is 0.319 e. The lowest BCUT2D eigenvalue weighted by Crippen LogP contribution is -2.61. The molecule has 0 bridgehead atoms. The van der Waals surface area contributed by atoms with Crippen molar-refractivity contribution >= 4 is 23.3 Å². The molecular formula is C16H23ClN2O4. The summed E-state index contributed by atoms with van der Waals surface area (Å²) in [7, 11) is 1.60. The van der Waals surface area contributed by atoms with Gasteiger partial charge in [0.1, 0.15) is 12.4 Å². The Morgan fingerprint density at radius 2 is 2.17 bits per heavy atom. The van der Waals surface area contributed by atoms with Crippen LogP contribution < -0.4 is 15.4 Å². The van der Waals surface area contributed by atoms with E-state index < -0.39 is 0 Å². The van der Waals surface area contributed by atoms with E-state index in [1.807, 2.05) is 13.8 Å². The Kier molecular flexibility index (Phi) is 5.73. The monoisotopic (exact) mass is 342 g/mol. The molecule has 128 valence electrons. The molecule has 0 radical (unpaired) electrons. The zero-order valence-electron chi connectivity index (χ0n) is 13.6. The summed E-state index contributed by atoms with van der Waals surface area (Å²) in [6.45, 7) is 4.73. The Bertz CT molecular complexity index is 565. The summed E-state index contributed by atoms with van der Waals surface area (Å²) in [4.78, 5) is 12.0. The van der Waals surface area contributed by atoms with Crippen LogP contribution in [-0.4, -0.2) is 43.6 Å².